The maximum Gasteiger partial charge on any atom is 0.297 e. The number of para-hydroxylation sites is 1. The van der Waals surface area contributed by atoms with Crippen LogP contribution in [0.1, 0.15) is 37.1 Å². The molecule has 4 nitrogen and oxygen atoms in total. The van der Waals surface area contributed by atoms with E-state index in [2.05, 4.69) is 14.9 Å². The van der Waals surface area contributed by atoms with E-state index in [1.807, 2.05) is 30.3 Å². The number of fused-ring (bicyclic) bond motifs is 1. The molecule has 1 aliphatic heterocycles. The minimum atomic E-state index is -2.67. The van der Waals surface area contributed by atoms with Crippen LogP contribution in [0.25, 0.3) is 10.9 Å². The lowest BCUT2D eigenvalue weighted by atomic mass is 9.90. The van der Waals surface area contributed by atoms with Gasteiger partial charge in [0.05, 0.1) is 5.52 Å². The second kappa shape index (κ2) is 8.09. The molecule has 1 aromatic heterocycles. The maximum absolute atomic E-state index is 13.2. The molecule has 2 aromatic carbocycles. The molecular weight excluding hydrogens is 360 g/mol. The van der Waals surface area contributed by atoms with Gasteiger partial charge in [-0.15, -0.1) is 0 Å². The molecule has 0 atom stereocenters. The first-order chi connectivity index (χ1) is 13.6. The van der Waals surface area contributed by atoms with Crippen LogP contribution in [0.4, 0.5) is 14.6 Å². The second-order valence-electron chi connectivity index (χ2n) is 7.36. The monoisotopic (exact) mass is 383 g/mol. The number of anilines is 1. The molecule has 1 saturated heterocycles. The van der Waals surface area contributed by atoms with Gasteiger partial charge < -0.3 is 10.0 Å². The Hall–Kier alpha value is -2.76. The second-order valence-corrected chi connectivity index (χ2v) is 7.36. The summed E-state index contributed by atoms with van der Waals surface area (Å²) in [6.07, 6.45) is 1.43. The lowest BCUT2D eigenvalue weighted by Crippen LogP contribution is -2.34. The lowest BCUT2D eigenvalue weighted by molar-refractivity contribution is 0.141. The number of benzene rings is 2. The van der Waals surface area contributed by atoms with Crippen LogP contribution >= 0.6 is 0 Å². The van der Waals surface area contributed by atoms with E-state index < -0.39 is 12.2 Å². The molecular formula is C22H23F2N3O. The van der Waals surface area contributed by atoms with E-state index in [0.29, 0.717) is 17.3 Å². The van der Waals surface area contributed by atoms with Crippen molar-refractivity contribution in [1.82, 2.24) is 9.97 Å². The first-order valence-corrected chi connectivity index (χ1v) is 9.68. The fraction of sp³-hybridized carbons (Fsp3) is 0.364. The molecule has 4 rings (SSSR count). The third kappa shape index (κ3) is 4.06. The summed E-state index contributed by atoms with van der Waals surface area (Å²) >= 11 is 0. The summed E-state index contributed by atoms with van der Waals surface area (Å²) in [6.45, 7) is 1.62. The van der Waals surface area contributed by atoms with Crippen molar-refractivity contribution in [3.8, 4) is 5.75 Å². The molecule has 1 N–H and O–H groups in total. The summed E-state index contributed by atoms with van der Waals surface area (Å²) in [5.74, 6) is 1.12. The summed E-state index contributed by atoms with van der Waals surface area (Å²) in [4.78, 5) is 10.3. The molecule has 2 heterocycles. The van der Waals surface area contributed by atoms with E-state index >= 15 is 0 Å². The minimum absolute atomic E-state index is 0.289. The number of halogens is 2. The fourth-order valence-corrected chi connectivity index (χ4v) is 3.88. The van der Waals surface area contributed by atoms with Gasteiger partial charge in [0.25, 0.3) is 6.43 Å². The maximum atomic E-state index is 13.2. The molecule has 146 valence electrons. The third-order valence-corrected chi connectivity index (χ3v) is 5.49. The molecule has 0 amide bonds. The topological polar surface area (TPSA) is 49.2 Å². The number of rotatable bonds is 5. The lowest BCUT2D eigenvalue weighted by Gasteiger charge is -2.33. The summed E-state index contributed by atoms with van der Waals surface area (Å²) in [5, 5.41) is 10.2. The molecule has 3 aromatic rings. The molecule has 6 heteroatoms. The normalized spacial score (nSPS) is 15.5. The summed E-state index contributed by atoms with van der Waals surface area (Å²) in [7, 11) is 0. The number of phenols is 1. The first-order valence-electron chi connectivity index (χ1n) is 9.68. The standard InChI is InChI=1S/C22H23F2N3O/c23-20(24)21-25-19-4-2-1-3-18(19)22(26-21)27-13-11-16(12-14-27)6-5-15-7-9-17(28)10-8-15/h1-4,7-10,16,20,28H,5-6,11-14H2. The molecule has 1 aliphatic rings. The van der Waals surface area contributed by atoms with Gasteiger partial charge in [-0.25, -0.2) is 18.7 Å². The van der Waals surface area contributed by atoms with Crippen LogP contribution in [-0.2, 0) is 6.42 Å². The van der Waals surface area contributed by atoms with Crippen molar-refractivity contribution in [3.05, 3.63) is 59.9 Å². The predicted molar refractivity (Wildman–Crippen MR) is 106 cm³/mol. The highest BCUT2D eigenvalue weighted by molar-refractivity contribution is 5.89. The van der Waals surface area contributed by atoms with Gasteiger partial charge in [0.15, 0.2) is 5.82 Å². The van der Waals surface area contributed by atoms with Crippen molar-refractivity contribution in [3.63, 3.8) is 0 Å². The number of alkyl halides is 2. The predicted octanol–water partition coefficient (Wildman–Crippen LogP) is 5.12. The molecule has 0 radical (unpaired) electrons. The molecule has 0 bridgehead atoms. The fourth-order valence-electron chi connectivity index (χ4n) is 3.88. The van der Waals surface area contributed by atoms with Crippen LogP contribution in [0, 0.1) is 5.92 Å². The number of hydrogen-bond acceptors (Lipinski definition) is 4. The van der Waals surface area contributed by atoms with Crippen molar-refractivity contribution < 1.29 is 13.9 Å². The molecule has 0 saturated carbocycles. The molecule has 0 aliphatic carbocycles. The average molecular weight is 383 g/mol. The summed E-state index contributed by atoms with van der Waals surface area (Å²) < 4.78 is 26.5. The third-order valence-electron chi connectivity index (χ3n) is 5.49. The minimum Gasteiger partial charge on any atom is -0.508 e. The SMILES string of the molecule is Oc1ccc(CCC2CCN(c3nc(C(F)F)nc4ccccc34)CC2)cc1. The zero-order valence-corrected chi connectivity index (χ0v) is 15.6. The number of aromatic hydroxyl groups is 1. The molecule has 0 spiro atoms. The van der Waals surface area contributed by atoms with Gasteiger partial charge in [0.2, 0.25) is 0 Å². The molecule has 1 fully saturated rings. The van der Waals surface area contributed by atoms with Crippen molar-refractivity contribution in [2.45, 2.75) is 32.1 Å². The summed E-state index contributed by atoms with van der Waals surface area (Å²) in [6, 6.07) is 14.7. The van der Waals surface area contributed by atoms with Crippen molar-refractivity contribution in [1.29, 1.82) is 0 Å². The van der Waals surface area contributed by atoms with Gasteiger partial charge in [0, 0.05) is 18.5 Å². The van der Waals surface area contributed by atoms with Crippen molar-refractivity contribution >= 4 is 16.7 Å². The highest BCUT2D eigenvalue weighted by atomic mass is 19.3. The zero-order valence-electron chi connectivity index (χ0n) is 15.6. The van der Waals surface area contributed by atoms with Crippen LogP contribution < -0.4 is 4.90 Å². The van der Waals surface area contributed by atoms with Gasteiger partial charge in [-0.05, 0) is 61.4 Å². The number of aryl methyl sites for hydroxylation is 1. The van der Waals surface area contributed by atoms with Crippen molar-refractivity contribution in [2.75, 3.05) is 18.0 Å². The van der Waals surface area contributed by atoms with Gasteiger partial charge in [-0.2, -0.15) is 0 Å². The Balaban J connectivity index is 1.44. The Labute approximate surface area is 162 Å². The average Bonchev–Trinajstić information content (AvgIpc) is 2.73. The van der Waals surface area contributed by atoms with E-state index in [9.17, 15) is 13.9 Å². The van der Waals surface area contributed by atoms with Crippen LogP contribution in [0.2, 0.25) is 0 Å². The van der Waals surface area contributed by atoms with Gasteiger partial charge in [0.1, 0.15) is 11.6 Å². The highest BCUT2D eigenvalue weighted by Gasteiger charge is 2.23. The zero-order chi connectivity index (χ0) is 19.5. The van der Waals surface area contributed by atoms with Gasteiger partial charge >= 0.3 is 0 Å². The molecule has 0 unspecified atom stereocenters. The van der Waals surface area contributed by atoms with E-state index in [1.54, 1.807) is 18.2 Å². The quantitative estimate of drug-likeness (QED) is 0.664. The Morgan fingerprint density at radius 1 is 1.00 bits per heavy atom. The number of phenolic OH excluding ortho intramolecular Hbond substituents is 1. The molecule has 28 heavy (non-hydrogen) atoms. The number of aromatic nitrogens is 2. The number of piperidine rings is 1. The summed E-state index contributed by atoms with van der Waals surface area (Å²) in [5.41, 5.74) is 1.79. The van der Waals surface area contributed by atoms with Gasteiger partial charge in [-0.3, -0.25) is 0 Å². The Kier molecular flexibility index (Phi) is 5.37. The van der Waals surface area contributed by atoms with E-state index in [1.165, 1.54) is 5.56 Å². The van der Waals surface area contributed by atoms with E-state index in [0.717, 1.165) is 44.2 Å². The first kappa shape index (κ1) is 18.6. The van der Waals surface area contributed by atoms with Gasteiger partial charge in [-0.1, -0.05) is 24.3 Å². The Morgan fingerprint density at radius 2 is 1.71 bits per heavy atom. The smallest absolute Gasteiger partial charge is 0.297 e. The Morgan fingerprint density at radius 3 is 2.43 bits per heavy atom. The largest absolute Gasteiger partial charge is 0.508 e. The van der Waals surface area contributed by atoms with E-state index in [4.69, 9.17) is 0 Å². The Bertz CT molecular complexity index is 938. The van der Waals surface area contributed by atoms with E-state index in [-0.39, 0.29) is 5.75 Å². The number of hydrogen-bond donors (Lipinski definition) is 1. The number of nitrogens with zero attached hydrogens (tertiary/aromatic N) is 3. The van der Waals surface area contributed by atoms with Crippen LogP contribution in [0.15, 0.2) is 48.5 Å². The van der Waals surface area contributed by atoms with Crippen LogP contribution in [0.5, 0.6) is 5.75 Å². The van der Waals surface area contributed by atoms with Crippen LogP contribution in [0.3, 0.4) is 0 Å². The van der Waals surface area contributed by atoms with Crippen LogP contribution in [-0.4, -0.2) is 28.2 Å². The van der Waals surface area contributed by atoms with Crippen molar-refractivity contribution in [2.24, 2.45) is 5.92 Å². The highest BCUT2D eigenvalue weighted by Crippen LogP contribution is 2.31.